The van der Waals surface area contributed by atoms with Gasteiger partial charge in [0.25, 0.3) is 0 Å². The average molecular weight is 244 g/mol. The first-order chi connectivity index (χ1) is 8.78. The number of nitrogens with one attached hydrogen (secondary N) is 1. The lowest BCUT2D eigenvalue weighted by Gasteiger charge is -2.27. The van der Waals surface area contributed by atoms with Crippen molar-refractivity contribution in [1.82, 2.24) is 10.3 Å². The molecule has 0 aliphatic carbocycles. The standard InChI is InChI=1S/C14H16N2O2/c1-9-3-4-11-12(16-9)5-6-13-14(11)18-10(7-15-2)8-17-13/h3-6,10,15H,7-8H2,1-2H3/t10-/m0/s1. The molecular weight excluding hydrogens is 228 g/mol. The van der Waals surface area contributed by atoms with Gasteiger partial charge < -0.3 is 14.8 Å². The summed E-state index contributed by atoms with van der Waals surface area (Å²) >= 11 is 0. The van der Waals surface area contributed by atoms with Crippen LogP contribution in [-0.2, 0) is 0 Å². The van der Waals surface area contributed by atoms with Gasteiger partial charge in [-0.15, -0.1) is 0 Å². The average Bonchev–Trinajstić information content (AvgIpc) is 2.38. The minimum absolute atomic E-state index is 0.0504. The molecule has 1 aromatic carbocycles. The van der Waals surface area contributed by atoms with Gasteiger partial charge in [0.05, 0.1) is 5.52 Å². The van der Waals surface area contributed by atoms with Crippen LogP contribution in [0.4, 0.5) is 0 Å². The smallest absolute Gasteiger partial charge is 0.171 e. The third kappa shape index (κ3) is 1.88. The zero-order valence-electron chi connectivity index (χ0n) is 10.6. The van der Waals surface area contributed by atoms with Gasteiger partial charge in [0.15, 0.2) is 11.5 Å². The topological polar surface area (TPSA) is 43.4 Å². The van der Waals surface area contributed by atoms with Crippen LogP contribution in [0, 0.1) is 6.92 Å². The molecule has 0 saturated carbocycles. The van der Waals surface area contributed by atoms with Crippen molar-refractivity contribution in [2.24, 2.45) is 0 Å². The van der Waals surface area contributed by atoms with Crippen molar-refractivity contribution in [2.45, 2.75) is 13.0 Å². The SMILES string of the molecule is CNC[C@H]1COc2ccc3nc(C)ccc3c2O1. The number of aryl methyl sites for hydroxylation is 1. The molecule has 4 nitrogen and oxygen atoms in total. The summed E-state index contributed by atoms with van der Waals surface area (Å²) in [5.41, 5.74) is 1.95. The fourth-order valence-corrected chi connectivity index (χ4v) is 2.21. The second kappa shape index (κ2) is 4.46. The van der Waals surface area contributed by atoms with Crippen molar-refractivity contribution in [2.75, 3.05) is 20.2 Å². The van der Waals surface area contributed by atoms with Gasteiger partial charge in [0.2, 0.25) is 0 Å². The van der Waals surface area contributed by atoms with E-state index in [-0.39, 0.29) is 6.10 Å². The Balaban J connectivity index is 2.07. The molecule has 0 radical (unpaired) electrons. The minimum atomic E-state index is 0.0504. The maximum atomic E-state index is 6.00. The van der Waals surface area contributed by atoms with Gasteiger partial charge in [-0.05, 0) is 38.2 Å². The Kier molecular flexibility index (Phi) is 2.80. The van der Waals surface area contributed by atoms with E-state index in [0.29, 0.717) is 6.61 Å². The van der Waals surface area contributed by atoms with Crippen molar-refractivity contribution >= 4 is 10.9 Å². The maximum absolute atomic E-state index is 6.00. The van der Waals surface area contributed by atoms with Crippen molar-refractivity contribution in [3.63, 3.8) is 0 Å². The van der Waals surface area contributed by atoms with E-state index < -0.39 is 0 Å². The Morgan fingerprint density at radius 3 is 3.06 bits per heavy atom. The number of ether oxygens (including phenoxy) is 2. The van der Waals surface area contributed by atoms with Crippen LogP contribution in [0.1, 0.15) is 5.69 Å². The Morgan fingerprint density at radius 1 is 1.33 bits per heavy atom. The number of likely N-dealkylation sites (N-methyl/N-ethyl adjacent to an activating group) is 1. The van der Waals surface area contributed by atoms with Crippen LogP contribution in [-0.4, -0.2) is 31.3 Å². The predicted molar refractivity (Wildman–Crippen MR) is 70.3 cm³/mol. The van der Waals surface area contributed by atoms with Gasteiger partial charge in [-0.25, -0.2) is 0 Å². The van der Waals surface area contributed by atoms with E-state index in [1.54, 1.807) is 0 Å². The molecule has 4 heteroatoms. The summed E-state index contributed by atoms with van der Waals surface area (Å²) in [5, 5.41) is 4.12. The van der Waals surface area contributed by atoms with E-state index in [1.165, 1.54) is 0 Å². The maximum Gasteiger partial charge on any atom is 0.171 e. The first-order valence-corrected chi connectivity index (χ1v) is 6.12. The lowest BCUT2D eigenvalue weighted by Crippen LogP contribution is -2.37. The number of aromatic nitrogens is 1. The zero-order chi connectivity index (χ0) is 12.5. The first-order valence-electron chi connectivity index (χ1n) is 6.12. The van der Waals surface area contributed by atoms with E-state index in [4.69, 9.17) is 9.47 Å². The van der Waals surface area contributed by atoms with Gasteiger partial charge in [0, 0.05) is 17.6 Å². The van der Waals surface area contributed by atoms with Gasteiger partial charge in [-0.2, -0.15) is 0 Å². The van der Waals surface area contributed by atoms with Crippen LogP contribution < -0.4 is 14.8 Å². The number of rotatable bonds is 2. The highest BCUT2D eigenvalue weighted by atomic mass is 16.6. The third-order valence-corrected chi connectivity index (χ3v) is 3.07. The molecular formula is C14H16N2O2. The van der Waals surface area contributed by atoms with Crippen LogP contribution >= 0.6 is 0 Å². The second-order valence-electron chi connectivity index (χ2n) is 4.52. The Morgan fingerprint density at radius 2 is 2.22 bits per heavy atom. The summed E-state index contributed by atoms with van der Waals surface area (Å²) in [6, 6.07) is 7.94. The van der Waals surface area contributed by atoms with Crippen LogP contribution in [0.3, 0.4) is 0 Å². The number of nitrogens with zero attached hydrogens (tertiary/aromatic N) is 1. The predicted octanol–water partition coefficient (Wildman–Crippen LogP) is 1.90. The summed E-state index contributed by atoms with van der Waals surface area (Å²) in [5.74, 6) is 1.62. The molecule has 2 aromatic rings. The highest BCUT2D eigenvalue weighted by Crippen LogP contribution is 2.38. The molecule has 1 atom stereocenters. The van der Waals surface area contributed by atoms with E-state index in [9.17, 15) is 0 Å². The molecule has 2 heterocycles. The summed E-state index contributed by atoms with van der Waals surface area (Å²) in [7, 11) is 1.91. The van der Waals surface area contributed by atoms with Gasteiger partial charge in [0.1, 0.15) is 12.7 Å². The molecule has 0 bridgehead atoms. The largest absolute Gasteiger partial charge is 0.486 e. The fourth-order valence-electron chi connectivity index (χ4n) is 2.21. The Labute approximate surface area is 106 Å². The van der Waals surface area contributed by atoms with Crippen LogP contribution in [0.15, 0.2) is 24.3 Å². The minimum Gasteiger partial charge on any atom is -0.486 e. The van der Waals surface area contributed by atoms with Crippen molar-refractivity contribution in [1.29, 1.82) is 0 Å². The monoisotopic (exact) mass is 244 g/mol. The summed E-state index contributed by atoms with van der Waals surface area (Å²) in [4.78, 5) is 4.50. The molecule has 0 fully saturated rings. The summed E-state index contributed by atoms with van der Waals surface area (Å²) in [6.45, 7) is 3.34. The summed E-state index contributed by atoms with van der Waals surface area (Å²) in [6.07, 6.45) is 0.0504. The molecule has 1 aromatic heterocycles. The van der Waals surface area contributed by atoms with Gasteiger partial charge in [-0.3, -0.25) is 4.98 Å². The molecule has 0 amide bonds. The molecule has 1 aliphatic heterocycles. The normalized spacial score (nSPS) is 18.0. The first kappa shape index (κ1) is 11.3. The lowest BCUT2D eigenvalue weighted by atomic mass is 10.1. The van der Waals surface area contributed by atoms with E-state index in [0.717, 1.165) is 34.6 Å². The van der Waals surface area contributed by atoms with Crippen LogP contribution in [0.5, 0.6) is 11.5 Å². The lowest BCUT2D eigenvalue weighted by molar-refractivity contribution is 0.0939. The number of benzene rings is 1. The molecule has 1 N–H and O–H groups in total. The third-order valence-electron chi connectivity index (χ3n) is 3.07. The molecule has 1 aliphatic rings. The van der Waals surface area contributed by atoms with E-state index >= 15 is 0 Å². The van der Waals surface area contributed by atoms with E-state index in [2.05, 4.69) is 10.3 Å². The molecule has 18 heavy (non-hydrogen) atoms. The van der Waals surface area contributed by atoms with E-state index in [1.807, 2.05) is 38.2 Å². The molecule has 0 saturated heterocycles. The zero-order valence-corrected chi connectivity index (χ0v) is 10.6. The van der Waals surface area contributed by atoms with Crippen LogP contribution in [0.2, 0.25) is 0 Å². The van der Waals surface area contributed by atoms with Gasteiger partial charge in [-0.1, -0.05) is 0 Å². The van der Waals surface area contributed by atoms with Gasteiger partial charge >= 0.3 is 0 Å². The van der Waals surface area contributed by atoms with Crippen LogP contribution in [0.25, 0.3) is 10.9 Å². The Bertz CT molecular complexity index is 583. The molecule has 0 spiro atoms. The molecule has 94 valence electrons. The Hall–Kier alpha value is -1.81. The fraction of sp³-hybridized carbons (Fsp3) is 0.357. The number of pyridine rings is 1. The second-order valence-corrected chi connectivity index (χ2v) is 4.52. The quantitative estimate of drug-likeness (QED) is 0.876. The van der Waals surface area contributed by atoms with Crippen molar-refractivity contribution in [3.8, 4) is 11.5 Å². The highest BCUT2D eigenvalue weighted by molar-refractivity contribution is 5.88. The highest BCUT2D eigenvalue weighted by Gasteiger charge is 2.22. The molecule has 0 unspecified atom stereocenters. The molecule has 3 rings (SSSR count). The number of fused-ring (bicyclic) bond motifs is 3. The van der Waals surface area contributed by atoms with Crippen molar-refractivity contribution in [3.05, 3.63) is 30.0 Å². The van der Waals surface area contributed by atoms with Crippen molar-refractivity contribution < 1.29 is 9.47 Å². The summed E-state index contributed by atoms with van der Waals surface area (Å²) < 4.78 is 11.7. The number of hydrogen-bond donors (Lipinski definition) is 1. The number of hydrogen-bond acceptors (Lipinski definition) is 4.